The number of nitrogens with one attached hydrogen (secondary N) is 2. The van der Waals surface area contributed by atoms with Crippen LogP contribution in [0.1, 0.15) is 22.5 Å². The summed E-state index contributed by atoms with van der Waals surface area (Å²) in [5.74, 6) is 2.29. The standard InChI is InChI=1S/C20H31N5O2.HI/c1-14-17(15(2)25(4)24-14)10-12-23-20(21-3)22-11-9-16-7-8-18(26-5)19(13-16)27-6;/h7-8,13H,9-12H2,1-6H3,(H2,21,22,23);1H. The van der Waals surface area contributed by atoms with Gasteiger partial charge in [0.1, 0.15) is 0 Å². The fourth-order valence-electron chi connectivity index (χ4n) is 3.07. The summed E-state index contributed by atoms with van der Waals surface area (Å²) in [6.07, 6.45) is 1.78. The molecule has 7 nitrogen and oxygen atoms in total. The van der Waals surface area contributed by atoms with E-state index in [9.17, 15) is 0 Å². The van der Waals surface area contributed by atoms with Crippen molar-refractivity contribution in [2.75, 3.05) is 34.4 Å². The zero-order valence-electron chi connectivity index (χ0n) is 17.6. The highest BCUT2D eigenvalue weighted by molar-refractivity contribution is 14.0. The lowest BCUT2D eigenvalue weighted by molar-refractivity contribution is 0.354. The third-order valence-electron chi connectivity index (χ3n) is 4.70. The Hall–Kier alpha value is -1.97. The van der Waals surface area contributed by atoms with Crippen molar-refractivity contribution in [1.29, 1.82) is 0 Å². The van der Waals surface area contributed by atoms with E-state index in [-0.39, 0.29) is 24.0 Å². The summed E-state index contributed by atoms with van der Waals surface area (Å²) in [6, 6.07) is 5.98. The van der Waals surface area contributed by atoms with E-state index in [2.05, 4.69) is 34.6 Å². The molecule has 1 aromatic carbocycles. The van der Waals surface area contributed by atoms with Gasteiger partial charge in [0.05, 0.1) is 19.9 Å². The molecule has 2 aromatic rings. The van der Waals surface area contributed by atoms with Crippen LogP contribution in [-0.4, -0.2) is 50.1 Å². The molecule has 0 aliphatic rings. The molecule has 28 heavy (non-hydrogen) atoms. The number of aromatic nitrogens is 2. The molecule has 0 aliphatic heterocycles. The van der Waals surface area contributed by atoms with Gasteiger partial charge < -0.3 is 20.1 Å². The maximum absolute atomic E-state index is 5.35. The van der Waals surface area contributed by atoms with Crippen LogP contribution in [0.4, 0.5) is 0 Å². The maximum atomic E-state index is 5.35. The van der Waals surface area contributed by atoms with Crippen molar-refractivity contribution in [1.82, 2.24) is 20.4 Å². The number of hydrogen-bond acceptors (Lipinski definition) is 4. The van der Waals surface area contributed by atoms with Gasteiger partial charge in [0.15, 0.2) is 17.5 Å². The molecule has 0 radical (unpaired) electrons. The van der Waals surface area contributed by atoms with Crippen LogP contribution in [0, 0.1) is 13.8 Å². The zero-order valence-corrected chi connectivity index (χ0v) is 20.0. The molecule has 0 aliphatic carbocycles. The lowest BCUT2D eigenvalue weighted by atomic mass is 10.1. The Morgan fingerprint density at radius 2 is 1.71 bits per heavy atom. The average Bonchev–Trinajstić information content (AvgIpc) is 2.92. The van der Waals surface area contributed by atoms with Crippen LogP contribution in [0.5, 0.6) is 11.5 Å². The summed E-state index contributed by atoms with van der Waals surface area (Å²) in [7, 11) is 7.06. The predicted octanol–water partition coefficient (Wildman–Crippen LogP) is 2.62. The van der Waals surface area contributed by atoms with Gasteiger partial charge >= 0.3 is 0 Å². The first kappa shape index (κ1) is 24.1. The minimum Gasteiger partial charge on any atom is -0.493 e. The molecule has 0 atom stereocenters. The van der Waals surface area contributed by atoms with E-state index in [1.807, 2.05) is 29.9 Å². The predicted molar refractivity (Wildman–Crippen MR) is 124 cm³/mol. The van der Waals surface area contributed by atoms with Crippen LogP contribution in [0.3, 0.4) is 0 Å². The topological polar surface area (TPSA) is 72.7 Å². The Bertz CT molecular complexity index is 789. The average molecular weight is 501 g/mol. The third kappa shape index (κ3) is 6.29. The molecule has 156 valence electrons. The molecule has 2 rings (SSSR count). The number of nitrogens with zero attached hydrogens (tertiary/aromatic N) is 3. The Morgan fingerprint density at radius 1 is 1.07 bits per heavy atom. The molecule has 0 saturated heterocycles. The smallest absolute Gasteiger partial charge is 0.190 e. The molecule has 2 N–H and O–H groups in total. The van der Waals surface area contributed by atoms with Gasteiger partial charge in [-0.2, -0.15) is 5.10 Å². The lowest BCUT2D eigenvalue weighted by Gasteiger charge is -2.13. The van der Waals surface area contributed by atoms with Crippen molar-refractivity contribution in [3.8, 4) is 11.5 Å². The quantitative estimate of drug-likeness (QED) is 0.331. The Morgan fingerprint density at radius 3 is 2.25 bits per heavy atom. The van der Waals surface area contributed by atoms with Crippen molar-refractivity contribution in [3.05, 3.63) is 40.7 Å². The van der Waals surface area contributed by atoms with Crippen LogP contribution in [0.15, 0.2) is 23.2 Å². The molecule has 0 amide bonds. The van der Waals surface area contributed by atoms with Gasteiger partial charge in [-0.3, -0.25) is 9.67 Å². The maximum Gasteiger partial charge on any atom is 0.190 e. The van der Waals surface area contributed by atoms with Crippen molar-refractivity contribution >= 4 is 29.9 Å². The third-order valence-corrected chi connectivity index (χ3v) is 4.70. The molecule has 0 bridgehead atoms. The SMILES string of the molecule is CN=C(NCCc1ccc(OC)c(OC)c1)NCCc1c(C)nn(C)c1C.I. The number of aliphatic imine (C=N–C) groups is 1. The van der Waals surface area contributed by atoms with E-state index in [0.29, 0.717) is 0 Å². The van der Waals surface area contributed by atoms with Gasteiger partial charge in [-0.1, -0.05) is 6.07 Å². The number of ether oxygens (including phenoxy) is 2. The Balaban J connectivity index is 0.00000392. The first-order valence-electron chi connectivity index (χ1n) is 9.14. The summed E-state index contributed by atoms with van der Waals surface area (Å²) in [5.41, 5.74) is 4.78. The number of methoxy groups -OCH3 is 2. The number of halogens is 1. The number of rotatable bonds is 8. The fraction of sp³-hybridized carbons (Fsp3) is 0.500. The highest BCUT2D eigenvalue weighted by Gasteiger charge is 2.09. The van der Waals surface area contributed by atoms with E-state index < -0.39 is 0 Å². The molecule has 1 heterocycles. The first-order valence-corrected chi connectivity index (χ1v) is 9.14. The van der Waals surface area contributed by atoms with Gasteiger partial charge in [0.25, 0.3) is 0 Å². The summed E-state index contributed by atoms with van der Waals surface area (Å²) in [6.45, 7) is 5.74. The summed E-state index contributed by atoms with van der Waals surface area (Å²) in [4.78, 5) is 4.29. The van der Waals surface area contributed by atoms with Gasteiger partial charge in [0.2, 0.25) is 0 Å². The molecule has 0 unspecified atom stereocenters. The van der Waals surface area contributed by atoms with E-state index >= 15 is 0 Å². The monoisotopic (exact) mass is 501 g/mol. The second kappa shape index (κ2) is 11.8. The largest absolute Gasteiger partial charge is 0.493 e. The molecule has 8 heteroatoms. The normalized spacial score (nSPS) is 11.0. The molecule has 1 aromatic heterocycles. The number of aryl methyl sites for hydroxylation is 2. The van der Waals surface area contributed by atoms with E-state index in [1.54, 1.807) is 21.3 Å². The minimum atomic E-state index is 0. The Kier molecular flexibility index (Phi) is 10.1. The minimum absolute atomic E-state index is 0. The van der Waals surface area contributed by atoms with Crippen molar-refractivity contribution in [3.63, 3.8) is 0 Å². The molecule has 0 spiro atoms. The molecular weight excluding hydrogens is 469 g/mol. The highest BCUT2D eigenvalue weighted by Crippen LogP contribution is 2.27. The van der Waals surface area contributed by atoms with Crippen LogP contribution in [0.25, 0.3) is 0 Å². The number of hydrogen-bond donors (Lipinski definition) is 2. The van der Waals surface area contributed by atoms with Crippen LogP contribution in [0.2, 0.25) is 0 Å². The summed E-state index contributed by atoms with van der Waals surface area (Å²) >= 11 is 0. The molecule has 0 saturated carbocycles. The summed E-state index contributed by atoms with van der Waals surface area (Å²) < 4.78 is 12.6. The highest BCUT2D eigenvalue weighted by atomic mass is 127. The lowest BCUT2D eigenvalue weighted by Crippen LogP contribution is -2.39. The van der Waals surface area contributed by atoms with Crippen molar-refractivity contribution < 1.29 is 9.47 Å². The van der Waals surface area contributed by atoms with Crippen molar-refractivity contribution in [2.24, 2.45) is 12.0 Å². The van der Waals surface area contributed by atoms with Crippen molar-refractivity contribution in [2.45, 2.75) is 26.7 Å². The second-order valence-electron chi connectivity index (χ2n) is 6.39. The summed E-state index contributed by atoms with van der Waals surface area (Å²) in [5, 5.41) is 11.2. The number of benzene rings is 1. The number of guanidine groups is 1. The first-order chi connectivity index (χ1) is 13.0. The van der Waals surface area contributed by atoms with E-state index in [0.717, 1.165) is 49.1 Å². The van der Waals surface area contributed by atoms with Crippen LogP contribution < -0.4 is 20.1 Å². The molecule has 0 fully saturated rings. The van der Waals surface area contributed by atoms with Gasteiger partial charge in [-0.25, -0.2) is 0 Å². The van der Waals surface area contributed by atoms with Gasteiger partial charge in [0, 0.05) is 32.9 Å². The van der Waals surface area contributed by atoms with Gasteiger partial charge in [-0.15, -0.1) is 24.0 Å². The van der Waals surface area contributed by atoms with Crippen LogP contribution >= 0.6 is 24.0 Å². The molecular formula is C20H32IN5O2. The second-order valence-corrected chi connectivity index (χ2v) is 6.39. The Labute approximate surface area is 184 Å². The van der Waals surface area contributed by atoms with Gasteiger partial charge in [-0.05, 0) is 49.9 Å². The van der Waals surface area contributed by atoms with E-state index in [4.69, 9.17) is 9.47 Å². The van der Waals surface area contributed by atoms with Crippen LogP contribution in [-0.2, 0) is 19.9 Å². The van der Waals surface area contributed by atoms with E-state index in [1.165, 1.54) is 16.8 Å². The fourth-order valence-corrected chi connectivity index (χ4v) is 3.07. The zero-order chi connectivity index (χ0) is 19.8.